The third-order valence-electron chi connectivity index (χ3n) is 6.78. The first-order chi connectivity index (χ1) is 16.3. The van der Waals surface area contributed by atoms with Crippen LogP contribution < -0.4 is 10.6 Å². The van der Waals surface area contributed by atoms with Crippen LogP contribution in [0.3, 0.4) is 0 Å². The fourth-order valence-electron chi connectivity index (χ4n) is 4.80. The lowest BCUT2D eigenvalue weighted by Crippen LogP contribution is -2.50. The van der Waals surface area contributed by atoms with E-state index in [0.717, 1.165) is 31.4 Å². The van der Waals surface area contributed by atoms with Gasteiger partial charge in [-0.1, -0.05) is 5.16 Å². The largest absolute Gasteiger partial charge is 0.364 e. The molecule has 2 fully saturated rings. The molecule has 1 atom stereocenters. The lowest BCUT2D eigenvalue weighted by Gasteiger charge is -2.27. The van der Waals surface area contributed by atoms with Crippen LogP contribution in [0, 0.1) is 44.5 Å². The van der Waals surface area contributed by atoms with Crippen LogP contribution in [0.15, 0.2) is 22.9 Å². The second-order valence-corrected chi connectivity index (χ2v) is 9.35. The Labute approximate surface area is 195 Å². The zero-order valence-corrected chi connectivity index (χ0v) is 19.3. The maximum atomic E-state index is 14.9. The Kier molecular flexibility index (Phi) is 5.66. The number of pyridine rings is 1. The number of carbonyl (C=O) groups is 2. The van der Waals surface area contributed by atoms with Gasteiger partial charge in [0.25, 0.3) is 5.91 Å². The summed E-state index contributed by atoms with van der Waals surface area (Å²) in [5.41, 5.74) is 3.11. The predicted octanol–water partition coefficient (Wildman–Crippen LogP) is 3.70. The minimum atomic E-state index is -0.760. The van der Waals surface area contributed by atoms with E-state index in [1.165, 1.54) is 6.26 Å². The van der Waals surface area contributed by atoms with E-state index in [-0.39, 0.29) is 11.7 Å². The molecule has 0 saturated heterocycles. The topological polar surface area (TPSA) is 126 Å². The van der Waals surface area contributed by atoms with Gasteiger partial charge in [0, 0.05) is 16.8 Å². The first-order valence-electron chi connectivity index (χ1n) is 11.5. The molecule has 3 aromatic rings. The summed E-state index contributed by atoms with van der Waals surface area (Å²) < 4.78 is 19.8. The minimum absolute atomic E-state index is 0.0319. The number of carbonyl (C=O) groups excluding carboxylic acids is 2. The number of anilines is 1. The summed E-state index contributed by atoms with van der Waals surface area (Å²) in [6.07, 6.45) is 5.44. The first kappa shape index (κ1) is 22.2. The van der Waals surface area contributed by atoms with Gasteiger partial charge in [0.2, 0.25) is 11.9 Å². The Bertz CT molecular complexity index is 1210. The molecule has 178 valence electrons. The molecule has 5 rings (SSSR count). The van der Waals surface area contributed by atoms with Gasteiger partial charge in [0.05, 0.1) is 11.4 Å². The van der Waals surface area contributed by atoms with Gasteiger partial charge in [-0.05, 0) is 76.3 Å². The van der Waals surface area contributed by atoms with E-state index >= 15 is 0 Å². The molecule has 3 heterocycles. The smallest absolute Gasteiger partial charge is 0.257 e. The molecule has 0 aliphatic heterocycles. The Morgan fingerprint density at radius 2 is 1.82 bits per heavy atom. The van der Waals surface area contributed by atoms with E-state index in [2.05, 4.69) is 31.0 Å². The summed E-state index contributed by atoms with van der Waals surface area (Å²) in [6.45, 7) is 5.27. The molecule has 9 nitrogen and oxygen atoms in total. The van der Waals surface area contributed by atoms with Crippen molar-refractivity contribution in [2.24, 2.45) is 17.8 Å². The Hall–Kier alpha value is -3.56. The third kappa shape index (κ3) is 4.32. The third-order valence-corrected chi connectivity index (χ3v) is 6.78. The van der Waals surface area contributed by atoms with E-state index in [1.54, 1.807) is 26.0 Å². The monoisotopic (exact) mass is 466 g/mol. The molecule has 2 amide bonds. The van der Waals surface area contributed by atoms with Crippen molar-refractivity contribution in [1.82, 2.24) is 25.7 Å². The minimum Gasteiger partial charge on any atom is -0.364 e. The predicted molar refractivity (Wildman–Crippen MR) is 121 cm³/mol. The highest BCUT2D eigenvalue weighted by molar-refractivity contribution is 6.01. The molecule has 2 aliphatic carbocycles. The number of nitrogens with zero attached hydrogens (tertiary/aromatic N) is 3. The average molecular weight is 467 g/mol. The molecule has 0 radical (unpaired) electrons. The van der Waals surface area contributed by atoms with Crippen LogP contribution in [0.25, 0.3) is 11.1 Å². The molecule has 0 spiro atoms. The Balaban J connectivity index is 1.38. The van der Waals surface area contributed by atoms with Crippen LogP contribution in [0.1, 0.15) is 53.1 Å². The van der Waals surface area contributed by atoms with Crippen LogP contribution in [0.4, 0.5) is 10.2 Å². The van der Waals surface area contributed by atoms with Crippen molar-refractivity contribution in [3.63, 3.8) is 0 Å². The highest BCUT2D eigenvalue weighted by atomic mass is 19.1. The van der Waals surface area contributed by atoms with Crippen molar-refractivity contribution < 1.29 is 18.5 Å². The SMILES string of the molecule is Cc1nocc1C(=O)NC(C(=O)Nc1ccc(-c2c(C)n[nH]c2C)c(F)n1)C(C1CC1)C1CC1. The van der Waals surface area contributed by atoms with Gasteiger partial charge in [-0.15, -0.1) is 0 Å². The molecular weight excluding hydrogens is 439 g/mol. The maximum Gasteiger partial charge on any atom is 0.257 e. The van der Waals surface area contributed by atoms with Gasteiger partial charge < -0.3 is 15.2 Å². The molecule has 2 saturated carbocycles. The fourth-order valence-corrected chi connectivity index (χ4v) is 4.80. The van der Waals surface area contributed by atoms with Crippen molar-refractivity contribution in [3.8, 4) is 11.1 Å². The number of hydrogen-bond acceptors (Lipinski definition) is 6. The van der Waals surface area contributed by atoms with E-state index in [4.69, 9.17) is 4.52 Å². The average Bonchev–Trinajstić information content (AvgIpc) is 3.73. The number of halogens is 1. The molecule has 1 unspecified atom stereocenters. The number of amides is 2. The van der Waals surface area contributed by atoms with Gasteiger partial charge >= 0.3 is 0 Å². The van der Waals surface area contributed by atoms with Gasteiger partial charge in [-0.2, -0.15) is 9.49 Å². The van der Waals surface area contributed by atoms with E-state index in [9.17, 15) is 14.0 Å². The number of aryl methyl sites for hydroxylation is 3. The summed E-state index contributed by atoms with van der Waals surface area (Å²) in [6, 6.07) is 2.38. The normalized spacial score (nSPS) is 16.5. The van der Waals surface area contributed by atoms with E-state index in [0.29, 0.717) is 39.9 Å². The molecule has 0 bridgehead atoms. The zero-order chi connectivity index (χ0) is 24.0. The van der Waals surface area contributed by atoms with Gasteiger partial charge in [-0.3, -0.25) is 14.7 Å². The lowest BCUT2D eigenvalue weighted by atomic mass is 9.88. The first-order valence-corrected chi connectivity index (χ1v) is 11.5. The number of H-pyrrole nitrogens is 1. The van der Waals surface area contributed by atoms with Crippen molar-refractivity contribution >= 4 is 17.6 Å². The maximum absolute atomic E-state index is 14.9. The molecule has 3 aromatic heterocycles. The highest BCUT2D eigenvalue weighted by Crippen LogP contribution is 2.51. The molecule has 3 N–H and O–H groups in total. The van der Waals surface area contributed by atoms with Crippen LogP contribution in [-0.4, -0.2) is 38.2 Å². The summed E-state index contributed by atoms with van der Waals surface area (Å²) in [5, 5.41) is 16.3. The van der Waals surface area contributed by atoms with Crippen LogP contribution >= 0.6 is 0 Å². The van der Waals surface area contributed by atoms with Crippen molar-refractivity contribution in [2.45, 2.75) is 52.5 Å². The van der Waals surface area contributed by atoms with Crippen LogP contribution in [0.5, 0.6) is 0 Å². The number of rotatable bonds is 8. The second-order valence-electron chi connectivity index (χ2n) is 9.35. The Morgan fingerprint density at radius 1 is 1.12 bits per heavy atom. The molecule has 10 heteroatoms. The molecular formula is C24H27FN6O3. The van der Waals surface area contributed by atoms with Crippen molar-refractivity contribution in [1.29, 1.82) is 0 Å². The van der Waals surface area contributed by atoms with Crippen LogP contribution in [-0.2, 0) is 4.79 Å². The summed E-state index contributed by atoms with van der Waals surface area (Å²) in [4.78, 5) is 30.3. The molecule has 2 aliphatic rings. The van der Waals surface area contributed by atoms with Gasteiger partial charge in [0.15, 0.2) is 0 Å². The fraction of sp³-hybridized carbons (Fsp3) is 0.458. The summed E-state index contributed by atoms with van der Waals surface area (Å²) >= 11 is 0. The summed E-state index contributed by atoms with van der Waals surface area (Å²) in [5.74, 6) is -0.600. The highest BCUT2D eigenvalue weighted by Gasteiger charge is 2.48. The van der Waals surface area contributed by atoms with E-state index < -0.39 is 23.8 Å². The lowest BCUT2D eigenvalue weighted by molar-refractivity contribution is -0.119. The molecule has 34 heavy (non-hydrogen) atoms. The van der Waals surface area contributed by atoms with Gasteiger partial charge in [-0.25, -0.2) is 4.98 Å². The number of hydrogen-bond donors (Lipinski definition) is 3. The number of aromatic amines is 1. The van der Waals surface area contributed by atoms with Crippen molar-refractivity contribution in [3.05, 3.63) is 47.0 Å². The van der Waals surface area contributed by atoms with Gasteiger partial charge in [0.1, 0.15) is 23.7 Å². The van der Waals surface area contributed by atoms with E-state index in [1.807, 2.05) is 6.92 Å². The quantitative estimate of drug-likeness (QED) is 0.435. The molecule has 0 aromatic carbocycles. The second kappa shape index (κ2) is 8.66. The summed E-state index contributed by atoms with van der Waals surface area (Å²) in [7, 11) is 0. The number of aromatic nitrogens is 4. The van der Waals surface area contributed by atoms with Crippen molar-refractivity contribution in [2.75, 3.05) is 5.32 Å². The van der Waals surface area contributed by atoms with Crippen LogP contribution in [0.2, 0.25) is 0 Å². The Morgan fingerprint density at radius 3 is 2.35 bits per heavy atom. The standard InChI is InChI=1S/C24H27FN6O3/c1-11-17(10-34-31-11)23(32)28-21(20(14-4-5-14)15-6-7-15)24(33)27-18-9-8-16(22(25)26-18)19-12(2)29-30-13(19)3/h8-10,14-15,20-21H,4-7H2,1-3H3,(H,28,32)(H,29,30)(H,26,27,33). The zero-order valence-electron chi connectivity index (χ0n) is 19.3. The number of nitrogens with one attached hydrogen (secondary N) is 3.